The molecule has 0 aromatic carbocycles. The lowest BCUT2D eigenvalue weighted by atomic mass is 10.0. The predicted molar refractivity (Wildman–Crippen MR) is 55.9 cm³/mol. The summed E-state index contributed by atoms with van der Waals surface area (Å²) < 4.78 is 5.11. The molecule has 0 aliphatic heterocycles. The Morgan fingerprint density at radius 1 is 1.57 bits per heavy atom. The second kappa shape index (κ2) is 4.77. The van der Waals surface area contributed by atoms with Gasteiger partial charge in [-0.1, -0.05) is 0 Å². The quantitative estimate of drug-likeness (QED) is 0.648. The van der Waals surface area contributed by atoms with E-state index in [1.54, 1.807) is 7.11 Å². The number of rotatable bonds is 6. The normalized spacial score (nSPS) is 20.5. The highest BCUT2D eigenvalue weighted by molar-refractivity contribution is 5.01. The Morgan fingerprint density at radius 2 is 2.21 bits per heavy atom. The third kappa shape index (κ3) is 2.97. The lowest BCUT2D eigenvalue weighted by molar-refractivity contribution is 0.103. The van der Waals surface area contributed by atoms with Gasteiger partial charge < -0.3 is 9.64 Å². The van der Waals surface area contributed by atoms with Crippen LogP contribution in [-0.4, -0.2) is 38.3 Å². The van der Waals surface area contributed by atoms with E-state index in [1.807, 2.05) is 0 Å². The van der Waals surface area contributed by atoms with Gasteiger partial charge in [-0.2, -0.15) is 5.26 Å². The molecule has 1 atom stereocenters. The van der Waals surface area contributed by atoms with Crippen LogP contribution in [-0.2, 0) is 4.74 Å². The molecule has 1 saturated carbocycles. The van der Waals surface area contributed by atoms with E-state index in [9.17, 15) is 0 Å². The summed E-state index contributed by atoms with van der Waals surface area (Å²) in [7, 11) is 3.84. The molecule has 1 unspecified atom stereocenters. The van der Waals surface area contributed by atoms with Gasteiger partial charge in [0.05, 0.1) is 12.7 Å². The van der Waals surface area contributed by atoms with Crippen molar-refractivity contribution in [1.82, 2.24) is 4.90 Å². The van der Waals surface area contributed by atoms with Crippen LogP contribution in [0.2, 0.25) is 0 Å². The van der Waals surface area contributed by atoms with Gasteiger partial charge in [-0.25, -0.2) is 0 Å². The summed E-state index contributed by atoms with van der Waals surface area (Å²) in [6.07, 6.45) is 3.13. The minimum Gasteiger partial charge on any atom is -0.383 e. The van der Waals surface area contributed by atoms with Crippen LogP contribution in [0.3, 0.4) is 0 Å². The fourth-order valence-corrected chi connectivity index (χ4v) is 1.79. The topological polar surface area (TPSA) is 36.3 Å². The van der Waals surface area contributed by atoms with Gasteiger partial charge in [0, 0.05) is 26.1 Å². The van der Waals surface area contributed by atoms with Gasteiger partial charge in [0.1, 0.15) is 0 Å². The van der Waals surface area contributed by atoms with E-state index in [0.717, 1.165) is 13.2 Å². The first-order valence-corrected chi connectivity index (χ1v) is 5.20. The smallest absolute Gasteiger partial charge is 0.0628 e. The molecule has 3 nitrogen and oxygen atoms in total. The molecule has 0 aromatic rings. The van der Waals surface area contributed by atoms with Crippen LogP contribution >= 0.6 is 0 Å². The van der Waals surface area contributed by atoms with Crippen LogP contribution in [0.15, 0.2) is 0 Å². The predicted octanol–water partition coefficient (Wildman–Crippen LogP) is 1.65. The van der Waals surface area contributed by atoms with Crippen LogP contribution in [0.1, 0.15) is 26.2 Å². The maximum absolute atomic E-state index is 8.70. The second-order valence-corrected chi connectivity index (χ2v) is 4.55. The molecule has 1 rings (SSSR count). The fraction of sp³-hybridized carbons (Fsp3) is 0.909. The highest BCUT2D eigenvalue weighted by atomic mass is 16.5. The van der Waals surface area contributed by atoms with Crippen LogP contribution in [0.4, 0.5) is 0 Å². The van der Waals surface area contributed by atoms with Crippen molar-refractivity contribution in [3.8, 4) is 6.07 Å². The summed E-state index contributed by atoms with van der Waals surface area (Å²) in [5.41, 5.74) is 0.311. The highest BCUT2D eigenvalue weighted by Crippen LogP contribution is 2.49. The summed E-state index contributed by atoms with van der Waals surface area (Å²) in [4.78, 5) is 2.30. The van der Waals surface area contributed by atoms with Crippen molar-refractivity contribution in [2.75, 3.05) is 27.3 Å². The zero-order valence-corrected chi connectivity index (χ0v) is 9.42. The lowest BCUT2D eigenvalue weighted by Crippen LogP contribution is -2.37. The Labute approximate surface area is 86.6 Å². The zero-order chi connectivity index (χ0) is 10.6. The van der Waals surface area contributed by atoms with Crippen molar-refractivity contribution in [2.45, 2.75) is 32.2 Å². The number of likely N-dealkylation sites (N-methyl/N-ethyl adjacent to an activating group) is 1. The molecule has 0 spiro atoms. The number of methoxy groups -OCH3 is 1. The van der Waals surface area contributed by atoms with Gasteiger partial charge in [-0.15, -0.1) is 0 Å². The van der Waals surface area contributed by atoms with Crippen molar-refractivity contribution in [1.29, 1.82) is 5.26 Å². The summed E-state index contributed by atoms with van der Waals surface area (Å²) in [6.45, 7) is 3.95. The summed E-state index contributed by atoms with van der Waals surface area (Å²) >= 11 is 0. The summed E-state index contributed by atoms with van der Waals surface area (Å²) in [5.74, 6) is 0. The van der Waals surface area contributed by atoms with E-state index in [2.05, 4.69) is 24.9 Å². The van der Waals surface area contributed by atoms with Crippen molar-refractivity contribution in [3.05, 3.63) is 0 Å². The first kappa shape index (κ1) is 11.5. The molecule has 1 fully saturated rings. The van der Waals surface area contributed by atoms with E-state index in [1.165, 1.54) is 12.8 Å². The largest absolute Gasteiger partial charge is 0.383 e. The molecule has 0 N–H and O–H groups in total. The van der Waals surface area contributed by atoms with Crippen molar-refractivity contribution < 1.29 is 4.74 Å². The number of hydrogen-bond acceptors (Lipinski definition) is 3. The average molecular weight is 196 g/mol. The minimum absolute atomic E-state index is 0.311. The Kier molecular flexibility index (Phi) is 3.91. The fourth-order valence-electron chi connectivity index (χ4n) is 1.79. The number of nitrogens with zero attached hydrogens (tertiary/aromatic N) is 2. The maximum Gasteiger partial charge on any atom is 0.0628 e. The molecule has 0 amide bonds. The molecule has 0 aromatic heterocycles. The van der Waals surface area contributed by atoms with Gasteiger partial charge in [-0.05, 0) is 32.2 Å². The first-order chi connectivity index (χ1) is 6.63. The van der Waals surface area contributed by atoms with E-state index < -0.39 is 0 Å². The molecule has 14 heavy (non-hydrogen) atoms. The molecule has 80 valence electrons. The third-order valence-electron chi connectivity index (χ3n) is 3.16. The Balaban J connectivity index is 2.33. The van der Waals surface area contributed by atoms with E-state index in [0.29, 0.717) is 17.9 Å². The number of ether oxygens (including phenoxy) is 1. The molecule has 0 heterocycles. The SMILES string of the molecule is COCC(C)N(C)CC1(CC#N)CC1. The molecule has 1 aliphatic carbocycles. The van der Waals surface area contributed by atoms with E-state index in [-0.39, 0.29) is 0 Å². The highest BCUT2D eigenvalue weighted by Gasteiger charge is 2.43. The molecule has 1 aliphatic rings. The molecule has 0 radical (unpaired) electrons. The minimum atomic E-state index is 0.311. The van der Waals surface area contributed by atoms with Crippen molar-refractivity contribution in [2.24, 2.45) is 5.41 Å². The lowest BCUT2D eigenvalue weighted by Gasteiger charge is -2.27. The van der Waals surface area contributed by atoms with Crippen LogP contribution in [0, 0.1) is 16.7 Å². The van der Waals surface area contributed by atoms with Gasteiger partial charge in [0.15, 0.2) is 0 Å². The Morgan fingerprint density at radius 3 is 2.64 bits per heavy atom. The second-order valence-electron chi connectivity index (χ2n) is 4.55. The molecule has 0 saturated heterocycles. The molecule has 3 heteroatoms. The maximum atomic E-state index is 8.70. The van der Waals surface area contributed by atoms with Gasteiger partial charge in [-0.3, -0.25) is 0 Å². The van der Waals surface area contributed by atoms with Gasteiger partial charge >= 0.3 is 0 Å². The van der Waals surface area contributed by atoms with Crippen molar-refractivity contribution in [3.63, 3.8) is 0 Å². The zero-order valence-electron chi connectivity index (χ0n) is 9.42. The average Bonchev–Trinajstić information content (AvgIpc) is 2.86. The summed E-state index contributed by atoms with van der Waals surface area (Å²) in [6, 6.07) is 2.73. The third-order valence-corrected chi connectivity index (χ3v) is 3.16. The number of nitriles is 1. The molecular weight excluding hydrogens is 176 g/mol. The Hall–Kier alpha value is -0.590. The van der Waals surface area contributed by atoms with Gasteiger partial charge in [0.2, 0.25) is 0 Å². The van der Waals surface area contributed by atoms with E-state index >= 15 is 0 Å². The van der Waals surface area contributed by atoms with E-state index in [4.69, 9.17) is 10.00 Å². The standard InChI is InChI=1S/C11H20N2O/c1-10(8-14-3)13(2)9-11(4-5-11)6-7-12/h10H,4-6,8-9H2,1-3H3. The van der Waals surface area contributed by atoms with Crippen molar-refractivity contribution >= 4 is 0 Å². The van der Waals surface area contributed by atoms with Gasteiger partial charge in [0.25, 0.3) is 0 Å². The number of hydrogen-bond donors (Lipinski definition) is 0. The van der Waals surface area contributed by atoms with Crippen LogP contribution < -0.4 is 0 Å². The molecular formula is C11H20N2O. The molecule has 0 bridgehead atoms. The van der Waals surface area contributed by atoms with Crippen LogP contribution in [0.25, 0.3) is 0 Å². The van der Waals surface area contributed by atoms with Crippen LogP contribution in [0.5, 0.6) is 0 Å². The Bertz CT molecular complexity index is 218. The first-order valence-electron chi connectivity index (χ1n) is 5.20. The summed E-state index contributed by atoms with van der Waals surface area (Å²) in [5, 5.41) is 8.70. The monoisotopic (exact) mass is 196 g/mol.